The number of carbonyl (C=O) groups is 3. The molecule has 0 fully saturated rings. The first-order valence-electron chi connectivity index (χ1n) is 10.0. The summed E-state index contributed by atoms with van der Waals surface area (Å²) < 4.78 is 14.4. The number of aromatic carboxylic acids is 1. The van der Waals surface area contributed by atoms with Crippen molar-refractivity contribution in [1.82, 2.24) is 10.9 Å². The molecule has 0 spiro atoms. The van der Waals surface area contributed by atoms with E-state index >= 15 is 0 Å². The fourth-order valence-electron chi connectivity index (χ4n) is 3.54. The maximum absolute atomic E-state index is 14.4. The first-order chi connectivity index (χ1) is 15.4. The van der Waals surface area contributed by atoms with E-state index in [9.17, 15) is 24.1 Å². The second-order valence-corrected chi connectivity index (χ2v) is 10.0. The fourth-order valence-corrected chi connectivity index (χ4v) is 6.70. The number of hydrogen-bond donors (Lipinski definition) is 2. The topological polar surface area (TPSA) is 115 Å². The van der Waals surface area contributed by atoms with Crippen molar-refractivity contribution in [2.75, 3.05) is 0 Å². The molecule has 164 valence electrons. The van der Waals surface area contributed by atoms with Crippen LogP contribution >= 0.6 is 7.14 Å². The normalized spacial score (nSPS) is 11.9. The van der Waals surface area contributed by atoms with Gasteiger partial charge in [-0.1, -0.05) is 85.8 Å². The van der Waals surface area contributed by atoms with Gasteiger partial charge >= 0.3 is 0 Å². The third-order valence-corrected chi connectivity index (χ3v) is 8.71. The second kappa shape index (κ2) is 10.1. The van der Waals surface area contributed by atoms with Gasteiger partial charge in [-0.15, -0.1) is 0 Å². The largest absolute Gasteiger partial charge is 0.545 e. The van der Waals surface area contributed by atoms with Gasteiger partial charge < -0.3 is 14.5 Å². The lowest BCUT2D eigenvalue weighted by Gasteiger charge is -2.27. The molecule has 8 heteroatoms. The molecule has 0 aliphatic carbocycles. The highest BCUT2D eigenvalue weighted by atomic mass is 31.2. The maximum Gasteiger partial charge on any atom is 0.270 e. The van der Waals surface area contributed by atoms with Gasteiger partial charge in [0, 0.05) is 16.2 Å². The summed E-state index contributed by atoms with van der Waals surface area (Å²) in [5.74, 6) is -2.96. The third-order valence-electron chi connectivity index (χ3n) is 5.10. The van der Waals surface area contributed by atoms with E-state index in [-0.39, 0.29) is 17.5 Å². The Bertz CT molecular complexity index is 1120. The molecule has 1 atom stereocenters. The molecular weight excluding hydrogens is 427 g/mol. The summed E-state index contributed by atoms with van der Waals surface area (Å²) in [5, 5.41) is 12.3. The van der Waals surface area contributed by atoms with E-state index in [0.29, 0.717) is 10.6 Å². The van der Waals surface area contributed by atoms with Gasteiger partial charge in [-0.3, -0.25) is 20.4 Å². The second-order valence-electron chi connectivity index (χ2n) is 7.03. The third kappa shape index (κ3) is 4.63. The van der Waals surface area contributed by atoms with Crippen molar-refractivity contribution in [2.45, 2.75) is 19.0 Å². The lowest BCUT2D eigenvalue weighted by molar-refractivity contribution is -0.255. The molecule has 0 saturated carbocycles. The summed E-state index contributed by atoms with van der Waals surface area (Å²) in [7, 11) is -3.41. The Hall–Kier alpha value is -3.70. The van der Waals surface area contributed by atoms with Gasteiger partial charge in [-0.05, 0) is 12.5 Å². The Morgan fingerprint density at radius 2 is 1.25 bits per heavy atom. The van der Waals surface area contributed by atoms with Crippen LogP contribution in [-0.2, 0) is 9.36 Å². The van der Waals surface area contributed by atoms with E-state index in [1.165, 1.54) is 24.3 Å². The Labute approximate surface area is 185 Å². The Kier molecular flexibility index (Phi) is 7.23. The molecule has 0 saturated heterocycles. The number of nitrogens with one attached hydrogen (secondary N) is 2. The van der Waals surface area contributed by atoms with Gasteiger partial charge in [0.25, 0.3) is 5.91 Å². The average Bonchev–Trinajstić information content (AvgIpc) is 2.83. The molecule has 32 heavy (non-hydrogen) atoms. The molecule has 0 radical (unpaired) electrons. The van der Waals surface area contributed by atoms with E-state index in [1.54, 1.807) is 67.6 Å². The van der Waals surface area contributed by atoms with Crippen LogP contribution in [0.2, 0.25) is 0 Å². The standard InChI is InChI=1S/C24H23N2O5P/c1-2-21(23(28)26-25-22(27)19-15-9-10-16-20(19)24(29)30)32(31,17-11-5-3-6-12-17)18-13-7-4-8-14-18/h3-16,21H,2H2,1H3,(H,25,27)(H,26,28)(H,29,30)/p-1. The average molecular weight is 449 g/mol. The number of carboxylic acid groups (broad SMARTS) is 1. The predicted octanol–water partition coefficient (Wildman–Crippen LogP) is 1.60. The van der Waals surface area contributed by atoms with E-state index in [1.807, 2.05) is 0 Å². The molecule has 0 aliphatic heterocycles. The highest BCUT2D eigenvalue weighted by molar-refractivity contribution is 7.80. The number of hydrogen-bond acceptors (Lipinski definition) is 5. The number of carboxylic acids is 1. The maximum atomic E-state index is 14.4. The molecule has 0 aliphatic rings. The van der Waals surface area contributed by atoms with Crippen LogP contribution in [0.1, 0.15) is 34.1 Å². The van der Waals surface area contributed by atoms with Crippen LogP contribution in [0.25, 0.3) is 0 Å². The van der Waals surface area contributed by atoms with Gasteiger partial charge in [-0.25, -0.2) is 0 Å². The van der Waals surface area contributed by atoms with Crippen molar-refractivity contribution in [1.29, 1.82) is 0 Å². The zero-order chi connectivity index (χ0) is 23.1. The quantitative estimate of drug-likeness (QED) is 0.420. The smallest absolute Gasteiger partial charge is 0.270 e. The van der Waals surface area contributed by atoms with Crippen LogP contribution in [0, 0.1) is 0 Å². The minimum absolute atomic E-state index is 0.157. The van der Waals surface area contributed by atoms with Crippen LogP contribution in [-0.4, -0.2) is 23.4 Å². The molecular formula is C24H22N2O5P-. The number of amides is 2. The molecule has 0 aromatic heterocycles. The fraction of sp³-hybridized carbons (Fsp3) is 0.125. The molecule has 0 heterocycles. The Balaban J connectivity index is 1.89. The SMILES string of the molecule is CCC(C(=O)NNC(=O)c1ccccc1C(=O)[O-])P(=O)(c1ccccc1)c1ccccc1. The molecule has 2 N–H and O–H groups in total. The highest BCUT2D eigenvalue weighted by Gasteiger charge is 2.40. The van der Waals surface area contributed by atoms with Gasteiger partial charge in [0.15, 0.2) is 7.14 Å². The van der Waals surface area contributed by atoms with Crippen molar-refractivity contribution in [2.24, 2.45) is 0 Å². The highest BCUT2D eigenvalue weighted by Crippen LogP contribution is 2.49. The van der Waals surface area contributed by atoms with Crippen LogP contribution in [0.5, 0.6) is 0 Å². The molecule has 3 rings (SSSR count). The van der Waals surface area contributed by atoms with Gasteiger partial charge in [0.05, 0.1) is 11.5 Å². The first-order valence-corrected chi connectivity index (χ1v) is 11.8. The summed E-state index contributed by atoms with van der Waals surface area (Å²) in [5.41, 5.74) is 3.14. The summed E-state index contributed by atoms with van der Waals surface area (Å²) in [6, 6.07) is 23.0. The molecule has 2 amide bonds. The van der Waals surface area contributed by atoms with Crippen LogP contribution in [0.3, 0.4) is 0 Å². The van der Waals surface area contributed by atoms with E-state index in [4.69, 9.17) is 0 Å². The molecule has 3 aromatic carbocycles. The summed E-state index contributed by atoms with van der Waals surface area (Å²) in [6.07, 6.45) is 0.248. The van der Waals surface area contributed by atoms with Crippen LogP contribution in [0.4, 0.5) is 0 Å². The summed E-state index contributed by atoms with van der Waals surface area (Å²) >= 11 is 0. The monoisotopic (exact) mass is 449 g/mol. The van der Waals surface area contributed by atoms with Crippen LogP contribution < -0.4 is 26.6 Å². The molecule has 1 unspecified atom stereocenters. The Morgan fingerprint density at radius 1 is 0.781 bits per heavy atom. The minimum Gasteiger partial charge on any atom is -0.545 e. The molecule has 7 nitrogen and oxygen atoms in total. The number of rotatable bonds is 7. The van der Waals surface area contributed by atoms with Crippen molar-refractivity contribution in [3.8, 4) is 0 Å². The van der Waals surface area contributed by atoms with Crippen molar-refractivity contribution < 1.29 is 24.1 Å². The van der Waals surface area contributed by atoms with E-state index in [0.717, 1.165) is 0 Å². The number of hydrazine groups is 1. The summed E-state index contributed by atoms with van der Waals surface area (Å²) in [4.78, 5) is 36.8. The summed E-state index contributed by atoms with van der Waals surface area (Å²) in [6.45, 7) is 1.75. The lowest BCUT2D eigenvalue weighted by Crippen LogP contribution is -2.48. The van der Waals surface area contributed by atoms with Gasteiger partial charge in [0.2, 0.25) is 5.91 Å². The van der Waals surface area contributed by atoms with Gasteiger partial charge in [-0.2, -0.15) is 0 Å². The minimum atomic E-state index is -3.41. The van der Waals surface area contributed by atoms with E-state index < -0.39 is 30.6 Å². The number of carbonyl (C=O) groups excluding carboxylic acids is 3. The lowest BCUT2D eigenvalue weighted by atomic mass is 10.1. The zero-order valence-electron chi connectivity index (χ0n) is 17.4. The van der Waals surface area contributed by atoms with E-state index in [2.05, 4.69) is 10.9 Å². The zero-order valence-corrected chi connectivity index (χ0v) is 18.3. The van der Waals surface area contributed by atoms with Crippen molar-refractivity contribution in [3.63, 3.8) is 0 Å². The van der Waals surface area contributed by atoms with Crippen molar-refractivity contribution >= 4 is 35.5 Å². The molecule has 3 aromatic rings. The first kappa shape index (κ1) is 23.0. The molecule has 0 bridgehead atoms. The van der Waals surface area contributed by atoms with Crippen molar-refractivity contribution in [3.05, 3.63) is 96.1 Å². The van der Waals surface area contributed by atoms with Gasteiger partial charge in [0.1, 0.15) is 5.66 Å². The number of benzene rings is 3. The Morgan fingerprint density at radius 3 is 1.72 bits per heavy atom. The predicted molar refractivity (Wildman–Crippen MR) is 120 cm³/mol. The van der Waals surface area contributed by atoms with Crippen LogP contribution in [0.15, 0.2) is 84.9 Å².